The van der Waals surface area contributed by atoms with Gasteiger partial charge in [0.25, 0.3) is 0 Å². The molecule has 0 spiro atoms. The number of nitrogens with zero attached hydrogens (tertiary/aromatic N) is 6. The second kappa shape index (κ2) is 6.68. The van der Waals surface area contributed by atoms with Crippen molar-refractivity contribution in [1.82, 2.24) is 30.1 Å². The van der Waals surface area contributed by atoms with Crippen molar-refractivity contribution in [3.05, 3.63) is 54.0 Å². The molecule has 1 atom stereocenters. The van der Waals surface area contributed by atoms with Crippen molar-refractivity contribution >= 4 is 5.82 Å². The molecule has 1 fully saturated rings. The van der Waals surface area contributed by atoms with Crippen LogP contribution in [-0.4, -0.2) is 43.9 Å². The van der Waals surface area contributed by atoms with Crippen molar-refractivity contribution in [2.24, 2.45) is 7.05 Å². The third-order valence-corrected chi connectivity index (χ3v) is 4.69. The maximum atomic E-state index is 4.48. The van der Waals surface area contributed by atoms with Crippen LogP contribution in [0.4, 0.5) is 5.82 Å². The largest absolute Gasteiger partial charge is 0.354 e. The van der Waals surface area contributed by atoms with Crippen LogP contribution in [0.15, 0.2) is 42.7 Å². The lowest BCUT2D eigenvalue weighted by atomic mass is 10.2. The molecule has 1 saturated heterocycles. The first-order valence-corrected chi connectivity index (χ1v) is 8.64. The highest BCUT2D eigenvalue weighted by Gasteiger charge is 2.23. The van der Waals surface area contributed by atoms with E-state index in [1.165, 1.54) is 5.56 Å². The van der Waals surface area contributed by atoms with Gasteiger partial charge in [0, 0.05) is 45.0 Å². The van der Waals surface area contributed by atoms with Crippen LogP contribution in [0.1, 0.15) is 17.7 Å². The molecular weight excluding hydrogens is 314 g/mol. The van der Waals surface area contributed by atoms with Crippen LogP contribution in [0.2, 0.25) is 0 Å². The van der Waals surface area contributed by atoms with Gasteiger partial charge in [-0.2, -0.15) is 5.10 Å². The van der Waals surface area contributed by atoms with Gasteiger partial charge in [0.1, 0.15) is 0 Å². The predicted octanol–water partition coefficient (Wildman–Crippen LogP) is 1.68. The maximum absolute atomic E-state index is 4.48. The topological polar surface area (TPSA) is 63.8 Å². The van der Waals surface area contributed by atoms with Crippen molar-refractivity contribution in [2.45, 2.75) is 25.9 Å². The minimum absolute atomic E-state index is 0.450. The molecule has 7 nitrogen and oxygen atoms in total. The number of hydrogen-bond donors (Lipinski definition) is 1. The summed E-state index contributed by atoms with van der Waals surface area (Å²) in [6, 6.07) is 10.7. The van der Waals surface area contributed by atoms with E-state index >= 15 is 0 Å². The van der Waals surface area contributed by atoms with Gasteiger partial charge in [0.2, 0.25) is 0 Å². The Balaban J connectivity index is 1.34. The molecule has 0 saturated carbocycles. The number of benzene rings is 1. The molecule has 1 aliphatic heterocycles. The Bertz CT molecular complexity index is 850. The van der Waals surface area contributed by atoms with Gasteiger partial charge in [0.15, 0.2) is 5.82 Å². The van der Waals surface area contributed by atoms with E-state index in [1.54, 1.807) is 0 Å². The Morgan fingerprint density at radius 1 is 1.24 bits per heavy atom. The van der Waals surface area contributed by atoms with Gasteiger partial charge in [-0.05, 0) is 25.0 Å². The van der Waals surface area contributed by atoms with Gasteiger partial charge in [-0.3, -0.25) is 4.68 Å². The predicted molar refractivity (Wildman–Crippen MR) is 96.8 cm³/mol. The Labute approximate surface area is 147 Å². The molecule has 1 unspecified atom stereocenters. The Hall–Kier alpha value is -2.67. The molecule has 2 aromatic heterocycles. The number of aryl methyl sites for hydroxylation is 2. The van der Waals surface area contributed by atoms with Crippen molar-refractivity contribution in [2.75, 3.05) is 18.0 Å². The number of hydrogen-bond acceptors (Lipinski definition) is 5. The monoisotopic (exact) mass is 337 g/mol. The minimum Gasteiger partial charge on any atom is -0.354 e. The summed E-state index contributed by atoms with van der Waals surface area (Å²) in [5, 5.41) is 16.6. The second-order valence-corrected chi connectivity index (χ2v) is 6.60. The summed E-state index contributed by atoms with van der Waals surface area (Å²) in [6.45, 7) is 4.82. The molecule has 25 heavy (non-hydrogen) atoms. The van der Waals surface area contributed by atoms with Crippen LogP contribution in [0.3, 0.4) is 0 Å². The molecule has 1 aromatic carbocycles. The first-order chi connectivity index (χ1) is 12.2. The Morgan fingerprint density at radius 2 is 2.12 bits per heavy atom. The fourth-order valence-electron chi connectivity index (χ4n) is 3.27. The van der Waals surface area contributed by atoms with Crippen LogP contribution < -0.4 is 10.2 Å². The molecule has 0 amide bonds. The molecule has 130 valence electrons. The number of rotatable bonds is 5. The molecule has 3 aromatic rings. The van der Waals surface area contributed by atoms with Gasteiger partial charge in [-0.15, -0.1) is 5.10 Å². The minimum atomic E-state index is 0.450. The fourth-order valence-corrected chi connectivity index (χ4v) is 3.27. The lowest BCUT2D eigenvalue weighted by Crippen LogP contribution is -2.32. The standard InChI is InChI=1S/C18H23N7/c1-14-5-3-4-6-17(14)25-13-16(20-22-25)11-19-15-7-10-24(12-15)18-8-9-23(2)21-18/h3-6,8-9,13,15,19H,7,10-12H2,1-2H3. The van der Waals surface area contributed by atoms with E-state index in [1.807, 2.05) is 40.9 Å². The highest BCUT2D eigenvalue weighted by Crippen LogP contribution is 2.18. The first-order valence-electron chi connectivity index (χ1n) is 8.64. The SMILES string of the molecule is Cc1ccccc1-n1cc(CNC2CCN(c3ccn(C)n3)C2)nn1. The molecule has 1 aliphatic rings. The summed E-state index contributed by atoms with van der Waals surface area (Å²) < 4.78 is 3.70. The van der Waals surface area contributed by atoms with E-state index in [-0.39, 0.29) is 0 Å². The van der Waals surface area contributed by atoms with Crippen molar-refractivity contribution in [1.29, 1.82) is 0 Å². The average Bonchev–Trinajstić information content (AvgIpc) is 3.33. The van der Waals surface area contributed by atoms with Gasteiger partial charge in [-0.1, -0.05) is 23.4 Å². The van der Waals surface area contributed by atoms with E-state index in [4.69, 9.17) is 0 Å². The van der Waals surface area contributed by atoms with E-state index in [0.29, 0.717) is 6.04 Å². The zero-order valence-corrected chi connectivity index (χ0v) is 14.6. The van der Waals surface area contributed by atoms with E-state index in [9.17, 15) is 0 Å². The Kier molecular flexibility index (Phi) is 4.23. The zero-order valence-electron chi connectivity index (χ0n) is 14.6. The summed E-state index contributed by atoms with van der Waals surface area (Å²) in [5.41, 5.74) is 3.22. The lowest BCUT2D eigenvalue weighted by Gasteiger charge is -2.15. The summed E-state index contributed by atoms with van der Waals surface area (Å²) in [6.07, 6.45) is 5.10. The average molecular weight is 337 g/mol. The van der Waals surface area contributed by atoms with Crippen molar-refractivity contribution in [3.63, 3.8) is 0 Å². The molecule has 0 aliphatic carbocycles. The third-order valence-electron chi connectivity index (χ3n) is 4.69. The smallest absolute Gasteiger partial charge is 0.150 e. The van der Waals surface area contributed by atoms with Crippen molar-refractivity contribution < 1.29 is 0 Å². The van der Waals surface area contributed by atoms with E-state index < -0.39 is 0 Å². The number of anilines is 1. The van der Waals surface area contributed by atoms with Gasteiger partial charge in [-0.25, -0.2) is 4.68 Å². The molecule has 1 N–H and O–H groups in total. The summed E-state index contributed by atoms with van der Waals surface area (Å²) >= 11 is 0. The number of nitrogens with one attached hydrogen (secondary N) is 1. The van der Waals surface area contributed by atoms with Crippen LogP contribution >= 0.6 is 0 Å². The fraction of sp³-hybridized carbons (Fsp3) is 0.389. The van der Waals surface area contributed by atoms with Gasteiger partial charge < -0.3 is 10.2 Å². The third kappa shape index (κ3) is 3.41. The van der Waals surface area contributed by atoms with E-state index in [2.05, 4.69) is 50.8 Å². The molecule has 0 radical (unpaired) electrons. The summed E-state index contributed by atoms with van der Waals surface area (Å²) in [7, 11) is 1.95. The molecule has 7 heteroatoms. The van der Waals surface area contributed by atoms with Crippen LogP contribution in [0.5, 0.6) is 0 Å². The summed E-state index contributed by atoms with van der Waals surface area (Å²) in [5.74, 6) is 1.05. The summed E-state index contributed by atoms with van der Waals surface area (Å²) in [4.78, 5) is 2.32. The lowest BCUT2D eigenvalue weighted by molar-refractivity contribution is 0.545. The van der Waals surface area contributed by atoms with Crippen LogP contribution in [0.25, 0.3) is 5.69 Å². The second-order valence-electron chi connectivity index (χ2n) is 6.60. The molecule has 0 bridgehead atoms. The van der Waals surface area contributed by atoms with Gasteiger partial charge >= 0.3 is 0 Å². The highest BCUT2D eigenvalue weighted by atomic mass is 15.4. The number of aromatic nitrogens is 5. The normalized spacial score (nSPS) is 17.4. The zero-order chi connectivity index (χ0) is 17.2. The number of para-hydroxylation sites is 1. The van der Waals surface area contributed by atoms with E-state index in [0.717, 1.165) is 43.3 Å². The van der Waals surface area contributed by atoms with Crippen molar-refractivity contribution in [3.8, 4) is 5.69 Å². The van der Waals surface area contributed by atoms with Crippen LogP contribution in [0, 0.1) is 6.92 Å². The molecule has 3 heterocycles. The highest BCUT2D eigenvalue weighted by molar-refractivity contribution is 5.39. The molecular formula is C18H23N7. The first kappa shape index (κ1) is 15.8. The van der Waals surface area contributed by atoms with Gasteiger partial charge in [0.05, 0.1) is 17.6 Å². The quantitative estimate of drug-likeness (QED) is 0.767. The Morgan fingerprint density at radius 3 is 2.92 bits per heavy atom. The van der Waals surface area contributed by atoms with Crippen LogP contribution in [-0.2, 0) is 13.6 Å². The molecule has 4 rings (SSSR count). The maximum Gasteiger partial charge on any atom is 0.150 e.